The number of nitrogens with zero attached hydrogens (tertiary/aromatic N) is 2. The molecule has 76 valence electrons. The van der Waals surface area contributed by atoms with Gasteiger partial charge < -0.3 is 5.21 Å². The van der Waals surface area contributed by atoms with Gasteiger partial charge in [0.2, 0.25) is 0 Å². The van der Waals surface area contributed by atoms with Gasteiger partial charge in [0.15, 0.2) is 3.92 Å². The van der Waals surface area contributed by atoms with Gasteiger partial charge >= 0.3 is 0 Å². The van der Waals surface area contributed by atoms with Crippen LogP contribution in [0.1, 0.15) is 30.8 Å². The van der Waals surface area contributed by atoms with Crippen LogP contribution in [-0.2, 0) is 6.42 Å². The third-order valence-electron chi connectivity index (χ3n) is 2.35. The lowest BCUT2D eigenvalue weighted by molar-refractivity contribution is 0.306. The minimum Gasteiger partial charge on any atom is -0.411 e. The van der Waals surface area contributed by atoms with E-state index in [9.17, 15) is 0 Å². The first-order chi connectivity index (χ1) is 6.52. The first kappa shape index (κ1) is 10.1. The summed E-state index contributed by atoms with van der Waals surface area (Å²) in [5.41, 5.74) is 1.95. The van der Waals surface area contributed by atoms with Crippen molar-refractivity contribution in [2.45, 2.75) is 26.7 Å². The van der Waals surface area contributed by atoms with Gasteiger partial charge in [-0.3, -0.25) is 0 Å². The summed E-state index contributed by atoms with van der Waals surface area (Å²) < 4.78 is 0.862. The standard InChI is InChI=1S/C9H11BrN2OS/c1-9(2)3-5-7(6(4-9)12-13)14-8(10)11-5/h13H,3-4H2,1-2H3/b12-6-. The molecule has 0 saturated heterocycles. The van der Waals surface area contributed by atoms with Gasteiger partial charge in [0.25, 0.3) is 0 Å². The summed E-state index contributed by atoms with van der Waals surface area (Å²) in [6.07, 6.45) is 1.76. The summed E-state index contributed by atoms with van der Waals surface area (Å²) >= 11 is 4.90. The van der Waals surface area contributed by atoms with Crippen molar-refractivity contribution in [1.29, 1.82) is 0 Å². The molecule has 1 aliphatic carbocycles. The van der Waals surface area contributed by atoms with E-state index in [1.807, 2.05) is 0 Å². The molecule has 0 unspecified atom stereocenters. The number of hydrogen-bond donors (Lipinski definition) is 1. The molecule has 1 aromatic rings. The van der Waals surface area contributed by atoms with Crippen LogP contribution in [-0.4, -0.2) is 15.9 Å². The third-order valence-corrected chi connectivity index (χ3v) is 3.94. The molecular weight excluding hydrogens is 264 g/mol. The quantitative estimate of drug-likeness (QED) is 0.584. The predicted molar refractivity (Wildman–Crippen MR) is 60.2 cm³/mol. The maximum Gasteiger partial charge on any atom is 0.159 e. The van der Waals surface area contributed by atoms with E-state index in [-0.39, 0.29) is 5.41 Å². The van der Waals surface area contributed by atoms with Gasteiger partial charge in [-0.2, -0.15) is 0 Å². The van der Waals surface area contributed by atoms with Crippen molar-refractivity contribution in [3.8, 4) is 0 Å². The normalized spacial score (nSPS) is 22.4. The van der Waals surface area contributed by atoms with Crippen molar-refractivity contribution in [1.82, 2.24) is 4.98 Å². The van der Waals surface area contributed by atoms with E-state index in [1.165, 1.54) is 11.3 Å². The van der Waals surface area contributed by atoms with E-state index in [1.54, 1.807) is 0 Å². The molecule has 1 aliphatic rings. The molecule has 0 amide bonds. The van der Waals surface area contributed by atoms with Gasteiger partial charge in [0.1, 0.15) is 0 Å². The van der Waals surface area contributed by atoms with Crippen LogP contribution in [0.25, 0.3) is 0 Å². The fraction of sp³-hybridized carbons (Fsp3) is 0.556. The molecule has 1 heterocycles. The molecule has 3 nitrogen and oxygen atoms in total. The lowest BCUT2D eigenvalue weighted by atomic mass is 9.78. The van der Waals surface area contributed by atoms with Crippen molar-refractivity contribution in [2.75, 3.05) is 0 Å². The second-order valence-corrected chi connectivity index (χ2v) is 6.58. The molecule has 0 spiro atoms. The molecule has 14 heavy (non-hydrogen) atoms. The Kier molecular flexibility index (Phi) is 2.39. The summed E-state index contributed by atoms with van der Waals surface area (Å²) in [6.45, 7) is 4.32. The lowest BCUT2D eigenvalue weighted by Gasteiger charge is -2.28. The number of hydrogen-bond acceptors (Lipinski definition) is 4. The van der Waals surface area contributed by atoms with Crippen LogP contribution in [0.5, 0.6) is 0 Å². The Balaban J connectivity index is 2.51. The van der Waals surface area contributed by atoms with Gasteiger partial charge in [-0.25, -0.2) is 4.98 Å². The average Bonchev–Trinajstić information content (AvgIpc) is 2.41. The summed E-state index contributed by atoms with van der Waals surface area (Å²) in [5, 5.41) is 12.3. The van der Waals surface area contributed by atoms with Crippen LogP contribution in [0.3, 0.4) is 0 Å². The Morgan fingerprint density at radius 1 is 1.50 bits per heavy atom. The Morgan fingerprint density at radius 3 is 2.86 bits per heavy atom. The van der Waals surface area contributed by atoms with E-state index in [2.05, 4.69) is 39.9 Å². The van der Waals surface area contributed by atoms with Crippen LogP contribution in [0.15, 0.2) is 9.07 Å². The van der Waals surface area contributed by atoms with Crippen molar-refractivity contribution >= 4 is 33.0 Å². The minimum absolute atomic E-state index is 0.141. The molecule has 5 heteroatoms. The molecule has 0 aromatic carbocycles. The summed E-state index contributed by atoms with van der Waals surface area (Å²) in [5.74, 6) is 0. The van der Waals surface area contributed by atoms with E-state index >= 15 is 0 Å². The van der Waals surface area contributed by atoms with Crippen LogP contribution < -0.4 is 0 Å². The van der Waals surface area contributed by atoms with Crippen molar-refractivity contribution < 1.29 is 5.21 Å². The van der Waals surface area contributed by atoms with Crippen LogP contribution >= 0.6 is 27.3 Å². The summed E-state index contributed by atoms with van der Waals surface area (Å²) in [6, 6.07) is 0. The second-order valence-electron chi connectivity index (χ2n) is 4.31. The zero-order chi connectivity index (χ0) is 10.3. The number of fused-ring (bicyclic) bond motifs is 1. The van der Waals surface area contributed by atoms with E-state index in [4.69, 9.17) is 5.21 Å². The molecule has 0 saturated carbocycles. The number of oxime groups is 1. The molecule has 0 bridgehead atoms. The van der Waals surface area contributed by atoms with Gasteiger partial charge in [0.05, 0.1) is 16.3 Å². The van der Waals surface area contributed by atoms with Crippen LogP contribution in [0.4, 0.5) is 0 Å². The number of halogens is 1. The fourth-order valence-electron chi connectivity index (χ4n) is 1.80. The Bertz CT molecular complexity index is 398. The van der Waals surface area contributed by atoms with Crippen LogP contribution in [0.2, 0.25) is 0 Å². The van der Waals surface area contributed by atoms with Gasteiger partial charge in [-0.1, -0.05) is 19.0 Å². The molecular formula is C9H11BrN2OS. The number of aromatic nitrogens is 1. The molecule has 1 N–H and O–H groups in total. The van der Waals surface area contributed by atoms with Crippen molar-refractivity contribution in [3.63, 3.8) is 0 Å². The van der Waals surface area contributed by atoms with Gasteiger partial charge in [-0.05, 0) is 34.2 Å². The highest BCUT2D eigenvalue weighted by Gasteiger charge is 2.32. The van der Waals surface area contributed by atoms with Crippen LogP contribution in [0, 0.1) is 5.41 Å². The molecule has 0 fully saturated rings. The fourth-order valence-corrected chi connectivity index (χ4v) is 3.29. The average molecular weight is 275 g/mol. The molecule has 0 aliphatic heterocycles. The maximum absolute atomic E-state index is 8.93. The smallest absolute Gasteiger partial charge is 0.159 e. The first-order valence-corrected chi connectivity index (χ1v) is 5.99. The van der Waals surface area contributed by atoms with Gasteiger partial charge in [-0.15, -0.1) is 11.3 Å². The molecule has 0 atom stereocenters. The highest BCUT2D eigenvalue weighted by atomic mass is 79.9. The summed E-state index contributed by atoms with van der Waals surface area (Å²) in [4.78, 5) is 5.41. The van der Waals surface area contributed by atoms with E-state index < -0.39 is 0 Å². The SMILES string of the molecule is CC1(C)C/C(=N/O)c2sc(Br)nc2C1. The second kappa shape index (κ2) is 3.31. The summed E-state index contributed by atoms with van der Waals surface area (Å²) in [7, 11) is 0. The highest BCUT2D eigenvalue weighted by Crippen LogP contribution is 2.38. The highest BCUT2D eigenvalue weighted by molar-refractivity contribution is 9.11. The zero-order valence-corrected chi connectivity index (χ0v) is 10.4. The monoisotopic (exact) mass is 274 g/mol. The topological polar surface area (TPSA) is 45.5 Å². The Morgan fingerprint density at radius 2 is 2.21 bits per heavy atom. The van der Waals surface area contributed by atoms with Crippen molar-refractivity contribution in [3.05, 3.63) is 14.5 Å². The Labute approximate surface area is 95.0 Å². The molecule has 2 rings (SSSR count). The Hall–Kier alpha value is -0.420. The minimum atomic E-state index is 0.141. The number of thiazole rings is 1. The maximum atomic E-state index is 8.93. The number of rotatable bonds is 0. The van der Waals surface area contributed by atoms with E-state index in [0.29, 0.717) is 0 Å². The third kappa shape index (κ3) is 1.70. The van der Waals surface area contributed by atoms with Gasteiger partial charge in [0, 0.05) is 0 Å². The molecule has 0 radical (unpaired) electrons. The van der Waals surface area contributed by atoms with Crippen molar-refractivity contribution in [2.24, 2.45) is 10.6 Å². The largest absolute Gasteiger partial charge is 0.411 e. The predicted octanol–water partition coefficient (Wildman–Crippen LogP) is 3.06. The zero-order valence-electron chi connectivity index (χ0n) is 8.04. The molecule has 1 aromatic heterocycles. The van der Waals surface area contributed by atoms with E-state index in [0.717, 1.165) is 33.0 Å². The first-order valence-electron chi connectivity index (χ1n) is 4.38. The lowest BCUT2D eigenvalue weighted by Crippen LogP contribution is -2.26.